The van der Waals surface area contributed by atoms with E-state index in [0.717, 1.165) is 28.9 Å². The summed E-state index contributed by atoms with van der Waals surface area (Å²) in [6, 6.07) is 19.0. The van der Waals surface area contributed by atoms with E-state index in [2.05, 4.69) is 0 Å². The molecule has 0 radical (unpaired) electrons. The molecule has 0 bridgehead atoms. The van der Waals surface area contributed by atoms with Crippen LogP contribution in [0.3, 0.4) is 0 Å². The number of methoxy groups -OCH3 is 1. The lowest BCUT2D eigenvalue weighted by Crippen LogP contribution is -2.29. The zero-order valence-electron chi connectivity index (χ0n) is 20.4. The summed E-state index contributed by atoms with van der Waals surface area (Å²) in [5.41, 5.74) is 3.56. The highest BCUT2D eigenvalue weighted by Crippen LogP contribution is 2.43. The molecule has 1 aliphatic rings. The monoisotopic (exact) mass is 471 g/mol. The van der Waals surface area contributed by atoms with Crippen LogP contribution in [0.5, 0.6) is 11.5 Å². The third kappa shape index (κ3) is 4.52. The van der Waals surface area contributed by atoms with Crippen molar-refractivity contribution in [2.75, 3.05) is 18.6 Å². The molecular weight excluding hydrogens is 442 g/mol. The zero-order chi connectivity index (χ0) is 25.1. The lowest BCUT2D eigenvalue weighted by Gasteiger charge is -2.26. The third-order valence-electron chi connectivity index (χ3n) is 6.19. The number of benzene rings is 3. The summed E-state index contributed by atoms with van der Waals surface area (Å²) in [6.45, 7) is 6.43. The van der Waals surface area contributed by atoms with Gasteiger partial charge < -0.3 is 14.6 Å². The highest BCUT2D eigenvalue weighted by atomic mass is 16.5. The van der Waals surface area contributed by atoms with Gasteiger partial charge in [0.05, 0.1) is 25.3 Å². The van der Waals surface area contributed by atoms with Crippen molar-refractivity contribution in [2.45, 2.75) is 33.2 Å². The van der Waals surface area contributed by atoms with Crippen LogP contribution in [0.4, 0.5) is 5.69 Å². The highest BCUT2D eigenvalue weighted by Gasteiger charge is 2.47. The third-order valence-corrected chi connectivity index (χ3v) is 6.19. The molecule has 3 aromatic carbocycles. The number of ether oxygens (including phenoxy) is 2. The Bertz CT molecular complexity index is 1290. The number of nitrogens with zero attached hydrogens (tertiary/aromatic N) is 1. The first kappa shape index (κ1) is 24.1. The number of anilines is 1. The van der Waals surface area contributed by atoms with Crippen molar-refractivity contribution < 1.29 is 24.2 Å². The predicted molar refractivity (Wildman–Crippen MR) is 136 cm³/mol. The van der Waals surface area contributed by atoms with Gasteiger partial charge in [0, 0.05) is 11.3 Å². The number of aliphatic hydroxyl groups excluding tert-OH is 1. The summed E-state index contributed by atoms with van der Waals surface area (Å²) in [5.74, 6) is -0.269. The molecule has 1 amide bonds. The van der Waals surface area contributed by atoms with E-state index in [-0.39, 0.29) is 11.3 Å². The van der Waals surface area contributed by atoms with Crippen molar-refractivity contribution in [1.29, 1.82) is 0 Å². The van der Waals surface area contributed by atoms with Crippen LogP contribution in [0.15, 0.2) is 72.3 Å². The van der Waals surface area contributed by atoms with Crippen LogP contribution in [0.25, 0.3) is 5.76 Å². The van der Waals surface area contributed by atoms with Gasteiger partial charge >= 0.3 is 0 Å². The van der Waals surface area contributed by atoms with Gasteiger partial charge in [-0.05, 0) is 79.4 Å². The lowest BCUT2D eigenvalue weighted by molar-refractivity contribution is -0.132. The van der Waals surface area contributed by atoms with Gasteiger partial charge in [0.25, 0.3) is 11.7 Å². The number of ketones is 1. The van der Waals surface area contributed by atoms with Crippen LogP contribution in [0.2, 0.25) is 0 Å². The summed E-state index contributed by atoms with van der Waals surface area (Å²) < 4.78 is 11.0. The Labute approximate surface area is 205 Å². The molecule has 1 atom stereocenters. The fourth-order valence-corrected chi connectivity index (χ4v) is 4.36. The van der Waals surface area contributed by atoms with Crippen LogP contribution in [0, 0.1) is 13.8 Å². The molecule has 0 saturated carbocycles. The molecule has 3 aromatic rings. The minimum absolute atomic E-state index is 0.0572. The van der Waals surface area contributed by atoms with Gasteiger partial charge in [-0.1, -0.05) is 31.2 Å². The van der Waals surface area contributed by atoms with Crippen molar-refractivity contribution in [3.05, 3.63) is 94.6 Å². The average molecular weight is 472 g/mol. The largest absolute Gasteiger partial charge is 0.507 e. The number of aryl methyl sites for hydroxylation is 2. The number of rotatable bonds is 7. The van der Waals surface area contributed by atoms with Gasteiger partial charge in [0.1, 0.15) is 17.3 Å². The number of Topliss-reactive ketones (excluding diaryl/α,β-unsaturated/α-hetero) is 1. The Morgan fingerprint density at radius 2 is 1.69 bits per heavy atom. The van der Waals surface area contributed by atoms with Gasteiger partial charge in [-0.15, -0.1) is 0 Å². The standard InChI is InChI=1S/C29H29NO5/c1-5-16-35-24-15-10-20(17-19(24)3)27(31)25-26(23-9-7-6-8-18(23)2)30(29(33)28(25)32)21-11-13-22(34-4)14-12-21/h6-15,17,26,31H,5,16H2,1-4H3/b27-25+. The van der Waals surface area contributed by atoms with Crippen molar-refractivity contribution in [1.82, 2.24) is 0 Å². The van der Waals surface area contributed by atoms with Crippen LogP contribution in [-0.2, 0) is 9.59 Å². The summed E-state index contributed by atoms with van der Waals surface area (Å²) in [5, 5.41) is 11.4. The van der Waals surface area contributed by atoms with E-state index < -0.39 is 17.7 Å². The van der Waals surface area contributed by atoms with Crippen LogP contribution in [-0.4, -0.2) is 30.5 Å². The number of carbonyl (C=O) groups is 2. The first-order chi connectivity index (χ1) is 16.9. The Morgan fingerprint density at radius 3 is 2.31 bits per heavy atom. The summed E-state index contributed by atoms with van der Waals surface area (Å²) in [7, 11) is 1.56. The van der Waals surface area contributed by atoms with Crippen LogP contribution < -0.4 is 14.4 Å². The van der Waals surface area contributed by atoms with Crippen molar-refractivity contribution >= 4 is 23.1 Å². The van der Waals surface area contributed by atoms with Gasteiger partial charge in [0.2, 0.25) is 0 Å². The fraction of sp³-hybridized carbons (Fsp3) is 0.241. The number of aliphatic hydroxyl groups is 1. The molecule has 1 heterocycles. The molecule has 1 fully saturated rings. The SMILES string of the molecule is CCCOc1ccc(/C(O)=C2\C(=O)C(=O)N(c3ccc(OC)cc3)C2c2ccccc2C)cc1C. The molecule has 0 aliphatic carbocycles. The van der Waals surface area contributed by atoms with Gasteiger partial charge in [0.15, 0.2) is 0 Å². The summed E-state index contributed by atoms with van der Waals surface area (Å²) in [4.78, 5) is 28.1. The normalized spacial score (nSPS) is 17.0. The number of carbonyl (C=O) groups excluding carboxylic acids is 2. The number of amides is 1. The molecule has 1 N–H and O–H groups in total. The Kier molecular flexibility index (Phi) is 6.92. The smallest absolute Gasteiger partial charge is 0.300 e. The molecule has 180 valence electrons. The van der Waals surface area contributed by atoms with E-state index in [1.165, 1.54) is 4.90 Å². The van der Waals surface area contributed by atoms with E-state index >= 15 is 0 Å². The van der Waals surface area contributed by atoms with E-state index in [1.807, 2.05) is 45.0 Å². The molecule has 6 nitrogen and oxygen atoms in total. The molecule has 6 heteroatoms. The zero-order valence-corrected chi connectivity index (χ0v) is 20.4. The molecule has 4 rings (SSSR count). The van der Waals surface area contributed by atoms with Crippen molar-refractivity contribution in [3.8, 4) is 11.5 Å². The summed E-state index contributed by atoms with van der Waals surface area (Å²) in [6.07, 6.45) is 0.881. The Balaban J connectivity index is 1.88. The second-order valence-electron chi connectivity index (χ2n) is 8.55. The first-order valence-corrected chi connectivity index (χ1v) is 11.6. The first-order valence-electron chi connectivity index (χ1n) is 11.6. The molecule has 1 aliphatic heterocycles. The molecule has 1 unspecified atom stereocenters. The van der Waals surface area contributed by atoms with Gasteiger partial charge in [-0.25, -0.2) is 0 Å². The molecule has 0 aromatic heterocycles. The van der Waals surface area contributed by atoms with E-state index in [0.29, 0.717) is 23.6 Å². The fourth-order valence-electron chi connectivity index (χ4n) is 4.36. The minimum Gasteiger partial charge on any atom is -0.507 e. The maximum atomic E-state index is 13.4. The number of hydrogen-bond acceptors (Lipinski definition) is 5. The minimum atomic E-state index is -0.777. The molecular formula is C29H29NO5. The van der Waals surface area contributed by atoms with E-state index in [1.54, 1.807) is 49.6 Å². The van der Waals surface area contributed by atoms with E-state index in [9.17, 15) is 14.7 Å². The number of hydrogen-bond donors (Lipinski definition) is 1. The maximum absolute atomic E-state index is 13.4. The van der Waals surface area contributed by atoms with Gasteiger partial charge in [-0.3, -0.25) is 14.5 Å². The lowest BCUT2D eigenvalue weighted by atomic mass is 9.92. The second kappa shape index (κ2) is 10.1. The predicted octanol–water partition coefficient (Wildman–Crippen LogP) is 5.73. The average Bonchev–Trinajstić information content (AvgIpc) is 3.13. The van der Waals surface area contributed by atoms with E-state index in [4.69, 9.17) is 9.47 Å². The van der Waals surface area contributed by atoms with Gasteiger partial charge in [-0.2, -0.15) is 0 Å². The molecule has 1 saturated heterocycles. The summed E-state index contributed by atoms with van der Waals surface area (Å²) >= 11 is 0. The highest BCUT2D eigenvalue weighted by molar-refractivity contribution is 6.51. The van der Waals surface area contributed by atoms with Crippen molar-refractivity contribution in [2.24, 2.45) is 0 Å². The Hall–Kier alpha value is -4.06. The van der Waals surface area contributed by atoms with Crippen molar-refractivity contribution in [3.63, 3.8) is 0 Å². The van der Waals surface area contributed by atoms with Crippen LogP contribution in [0.1, 0.15) is 41.6 Å². The maximum Gasteiger partial charge on any atom is 0.300 e. The quantitative estimate of drug-likeness (QED) is 0.271. The van der Waals surface area contributed by atoms with Crippen LogP contribution >= 0.6 is 0 Å². The molecule has 35 heavy (non-hydrogen) atoms. The second-order valence-corrected chi connectivity index (χ2v) is 8.55. The Morgan fingerprint density at radius 1 is 0.971 bits per heavy atom. The molecule has 0 spiro atoms. The topological polar surface area (TPSA) is 76.1 Å².